The summed E-state index contributed by atoms with van der Waals surface area (Å²) in [4.78, 5) is 0. The standard InChI is InChI=1S/C15H14F2O2/c1-19-14-4-2-3-11(15(14)17)12-9-10(7-8-18)5-6-13(12)16/h2-6,9,18H,7-8H2,1H3. The van der Waals surface area contributed by atoms with Crippen molar-refractivity contribution in [1.29, 1.82) is 0 Å². The molecule has 1 N–H and O–H groups in total. The summed E-state index contributed by atoms with van der Waals surface area (Å²) in [7, 11) is 1.36. The van der Waals surface area contributed by atoms with Crippen LogP contribution >= 0.6 is 0 Å². The average Bonchev–Trinajstić information content (AvgIpc) is 2.42. The number of rotatable bonds is 4. The summed E-state index contributed by atoms with van der Waals surface area (Å²) >= 11 is 0. The highest BCUT2D eigenvalue weighted by atomic mass is 19.1. The lowest BCUT2D eigenvalue weighted by Gasteiger charge is -2.10. The predicted octanol–water partition coefficient (Wildman–Crippen LogP) is 3.18. The Balaban J connectivity index is 2.54. The van der Waals surface area contributed by atoms with Crippen LogP contribution in [0.25, 0.3) is 11.1 Å². The summed E-state index contributed by atoms with van der Waals surface area (Å²) in [6, 6.07) is 8.98. The SMILES string of the molecule is COc1cccc(-c2cc(CCO)ccc2F)c1F. The van der Waals surface area contributed by atoms with Gasteiger partial charge in [0.05, 0.1) is 7.11 Å². The first kappa shape index (κ1) is 13.5. The molecule has 2 rings (SSSR count). The van der Waals surface area contributed by atoms with E-state index in [1.807, 2.05) is 0 Å². The van der Waals surface area contributed by atoms with Crippen LogP contribution in [0.1, 0.15) is 5.56 Å². The van der Waals surface area contributed by atoms with Gasteiger partial charge in [-0.2, -0.15) is 0 Å². The summed E-state index contributed by atoms with van der Waals surface area (Å²) in [5.74, 6) is -1.02. The van der Waals surface area contributed by atoms with E-state index in [1.165, 1.54) is 25.3 Å². The minimum Gasteiger partial charge on any atom is -0.494 e. The molecule has 100 valence electrons. The van der Waals surface area contributed by atoms with Gasteiger partial charge in [-0.05, 0) is 30.2 Å². The van der Waals surface area contributed by atoms with Gasteiger partial charge in [0, 0.05) is 17.7 Å². The van der Waals surface area contributed by atoms with Gasteiger partial charge in [0.25, 0.3) is 0 Å². The smallest absolute Gasteiger partial charge is 0.172 e. The third-order valence-electron chi connectivity index (χ3n) is 2.90. The molecule has 0 bridgehead atoms. The Morgan fingerprint density at radius 3 is 2.58 bits per heavy atom. The van der Waals surface area contributed by atoms with Crippen LogP contribution in [-0.2, 0) is 6.42 Å². The zero-order valence-corrected chi connectivity index (χ0v) is 10.5. The van der Waals surface area contributed by atoms with Crippen molar-refractivity contribution in [3.8, 4) is 16.9 Å². The molecule has 0 heterocycles. The topological polar surface area (TPSA) is 29.5 Å². The lowest BCUT2D eigenvalue weighted by atomic mass is 10.0. The molecule has 0 amide bonds. The van der Waals surface area contributed by atoms with Crippen molar-refractivity contribution >= 4 is 0 Å². The van der Waals surface area contributed by atoms with E-state index in [-0.39, 0.29) is 23.5 Å². The van der Waals surface area contributed by atoms with Gasteiger partial charge in [0.2, 0.25) is 0 Å². The van der Waals surface area contributed by atoms with E-state index in [2.05, 4.69) is 0 Å². The van der Waals surface area contributed by atoms with E-state index in [4.69, 9.17) is 9.84 Å². The second-order valence-electron chi connectivity index (χ2n) is 4.11. The molecule has 2 aromatic carbocycles. The Bertz CT molecular complexity index is 582. The quantitative estimate of drug-likeness (QED) is 0.919. The van der Waals surface area contributed by atoms with Crippen LogP contribution in [0.2, 0.25) is 0 Å². The molecule has 0 saturated carbocycles. The minimum atomic E-state index is -0.593. The maximum absolute atomic E-state index is 14.1. The van der Waals surface area contributed by atoms with Crippen LogP contribution < -0.4 is 4.74 Å². The van der Waals surface area contributed by atoms with Crippen LogP contribution in [0.3, 0.4) is 0 Å². The second-order valence-corrected chi connectivity index (χ2v) is 4.11. The number of aliphatic hydroxyl groups is 1. The van der Waals surface area contributed by atoms with Crippen molar-refractivity contribution in [3.63, 3.8) is 0 Å². The predicted molar refractivity (Wildman–Crippen MR) is 69.1 cm³/mol. The summed E-state index contributed by atoms with van der Waals surface area (Å²) in [6.07, 6.45) is 0.402. The molecule has 0 aliphatic heterocycles. The number of ether oxygens (including phenoxy) is 1. The summed E-state index contributed by atoms with van der Waals surface area (Å²) in [6.45, 7) is -0.0360. The summed E-state index contributed by atoms with van der Waals surface area (Å²) < 4.78 is 32.8. The fourth-order valence-electron chi connectivity index (χ4n) is 1.94. The lowest BCUT2D eigenvalue weighted by molar-refractivity contribution is 0.299. The molecule has 0 radical (unpaired) electrons. The van der Waals surface area contributed by atoms with E-state index in [1.54, 1.807) is 18.2 Å². The second kappa shape index (κ2) is 5.80. The Hall–Kier alpha value is -1.94. The minimum absolute atomic E-state index is 0.0360. The molecule has 2 nitrogen and oxygen atoms in total. The Labute approximate surface area is 110 Å². The lowest BCUT2D eigenvalue weighted by Crippen LogP contribution is -1.96. The molecule has 0 spiro atoms. The zero-order valence-electron chi connectivity index (χ0n) is 10.5. The fraction of sp³-hybridized carbons (Fsp3) is 0.200. The first-order chi connectivity index (χ1) is 9.17. The van der Waals surface area contributed by atoms with Gasteiger partial charge >= 0.3 is 0 Å². The van der Waals surface area contributed by atoms with Gasteiger partial charge < -0.3 is 9.84 Å². The molecule has 0 aliphatic carbocycles. The van der Waals surface area contributed by atoms with Crippen molar-refractivity contribution in [2.45, 2.75) is 6.42 Å². The van der Waals surface area contributed by atoms with Crippen molar-refractivity contribution in [2.24, 2.45) is 0 Å². The third-order valence-corrected chi connectivity index (χ3v) is 2.90. The van der Waals surface area contributed by atoms with E-state index >= 15 is 0 Å². The molecule has 0 aliphatic rings. The average molecular weight is 264 g/mol. The van der Waals surface area contributed by atoms with E-state index in [9.17, 15) is 8.78 Å². The summed E-state index contributed by atoms with van der Waals surface area (Å²) in [5.41, 5.74) is 1.07. The highest BCUT2D eigenvalue weighted by Crippen LogP contribution is 2.31. The van der Waals surface area contributed by atoms with Crippen molar-refractivity contribution in [2.75, 3.05) is 13.7 Å². The van der Waals surface area contributed by atoms with Gasteiger partial charge in [0.15, 0.2) is 11.6 Å². The first-order valence-corrected chi connectivity index (χ1v) is 5.89. The molecular weight excluding hydrogens is 250 g/mol. The van der Waals surface area contributed by atoms with Crippen molar-refractivity contribution < 1.29 is 18.6 Å². The van der Waals surface area contributed by atoms with Crippen LogP contribution in [0, 0.1) is 11.6 Å². The Morgan fingerprint density at radius 2 is 1.89 bits per heavy atom. The number of hydrogen-bond donors (Lipinski definition) is 1. The molecule has 0 unspecified atom stereocenters. The number of benzene rings is 2. The molecule has 4 heteroatoms. The molecule has 0 aromatic heterocycles. The van der Waals surface area contributed by atoms with E-state index in [0.717, 1.165) is 5.56 Å². The van der Waals surface area contributed by atoms with E-state index in [0.29, 0.717) is 6.42 Å². The number of halogens is 2. The number of hydrogen-bond acceptors (Lipinski definition) is 2. The number of aliphatic hydroxyl groups excluding tert-OH is 1. The van der Waals surface area contributed by atoms with Gasteiger partial charge in [-0.25, -0.2) is 8.78 Å². The molecule has 2 aromatic rings. The fourth-order valence-corrected chi connectivity index (χ4v) is 1.94. The summed E-state index contributed by atoms with van der Waals surface area (Å²) in [5, 5.41) is 8.90. The van der Waals surface area contributed by atoms with Gasteiger partial charge in [0.1, 0.15) is 5.82 Å². The normalized spacial score (nSPS) is 10.5. The zero-order chi connectivity index (χ0) is 13.8. The molecule has 0 saturated heterocycles. The maximum atomic E-state index is 14.1. The van der Waals surface area contributed by atoms with Gasteiger partial charge in [-0.3, -0.25) is 0 Å². The van der Waals surface area contributed by atoms with Crippen LogP contribution in [0.5, 0.6) is 5.75 Å². The highest BCUT2D eigenvalue weighted by molar-refractivity contribution is 5.67. The van der Waals surface area contributed by atoms with Gasteiger partial charge in [-0.15, -0.1) is 0 Å². The van der Waals surface area contributed by atoms with Crippen molar-refractivity contribution in [1.82, 2.24) is 0 Å². The Morgan fingerprint density at radius 1 is 1.11 bits per heavy atom. The third kappa shape index (κ3) is 2.74. The molecule has 0 atom stereocenters. The van der Waals surface area contributed by atoms with Crippen LogP contribution in [-0.4, -0.2) is 18.8 Å². The van der Waals surface area contributed by atoms with Gasteiger partial charge in [-0.1, -0.05) is 18.2 Å². The largest absolute Gasteiger partial charge is 0.494 e. The van der Waals surface area contributed by atoms with Crippen molar-refractivity contribution in [3.05, 3.63) is 53.6 Å². The van der Waals surface area contributed by atoms with Crippen LogP contribution in [0.15, 0.2) is 36.4 Å². The molecule has 19 heavy (non-hydrogen) atoms. The Kier molecular flexibility index (Phi) is 4.12. The first-order valence-electron chi connectivity index (χ1n) is 5.89. The monoisotopic (exact) mass is 264 g/mol. The number of methoxy groups -OCH3 is 1. The van der Waals surface area contributed by atoms with Crippen LogP contribution in [0.4, 0.5) is 8.78 Å². The maximum Gasteiger partial charge on any atom is 0.172 e. The van der Waals surface area contributed by atoms with E-state index < -0.39 is 11.6 Å². The highest BCUT2D eigenvalue weighted by Gasteiger charge is 2.14. The molecule has 0 fully saturated rings. The molecular formula is C15H14F2O2.